The maximum atomic E-state index is 13.2. The lowest BCUT2D eigenvalue weighted by atomic mass is 9.64. The van der Waals surface area contributed by atoms with Crippen molar-refractivity contribution in [1.29, 1.82) is 0 Å². The molecule has 166 valence electrons. The van der Waals surface area contributed by atoms with Crippen LogP contribution in [0.5, 0.6) is 0 Å². The number of hydrogen-bond donors (Lipinski definition) is 2. The van der Waals surface area contributed by atoms with Gasteiger partial charge in [0.2, 0.25) is 11.0 Å². The Morgan fingerprint density at radius 2 is 2.16 bits per heavy atom. The summed E-state index contributed by atoms with van der Waals surface area (Å²) in [6.07, 6.45) is 2.18. The van der Waals surface area contributed by atoms with Crippen LogP contribution in [0, 0.1) is 11.3 Å². The van der Waals surface area contributed by atoms with Crippen LogP contribution >= 0.6 is 34.4 Å². The fourth-order valence-corrected chi connectivity index (χ4v) is 7.34. The van der Waals surface area contributed by atoms with Gasteiger partial charge < -0.3 is 5.32 Å². The standard InChI is InChI=1S/C20H25N5O3S3/c1-12-7-19(2,3)11-20(8-12)15(27)25(17(28)22-20)9-14(26)21-16-23-24-18(31-16)30-10-13-5-4-6-29-13/h4-6,12H,7-11H2,1-3H3,(H,22,28)(H,21,23,26). The van der Waals surface area contributed by atoms with E-state index in [1.165, 1.54) is 16.2 Å². The van der Waals surface area contributed by atoms with E-state index in [1.807, 2.05) is 11.4 Å². The number of rotatable bonds is 6. The summed E-state index contributed by atoms with van der Waals surface area (Å²) < 4.78 is 0.746. The van der Waals surface area contributed by atoms with E-state index < -0.39 is 17.5 Å². The highest BCUT2D eigenvalue weighted by molar-refractivity contribution is 8.00. The zero-order valence-electron chi connectivity index (χ0n) is 17.6. The first-order chi connectivity index (χ1) is 14.7. The molecule has 0 bridgehead atoms. The van der Waals surface area contributed by atoms with Crippen molar-refractivity contribution in [2.75, 3.05) is 11.9 Å². The molecule has 2 aliphatic rings. The summed E-state index contributed by atoms with van der Waals surface area (Å²) in [5.74, 6) is 0.333. The number of amides is 4. The molecule has 2 N–H and O–H groups in total. The van der Waals surface area contributed by atoms with Crippen molar-refractivity contribution in [3.63, 3.8) is 0 Å². The molecule has 4 amide bonds. The van der Waals surface area contributed by atoms with Crippen LogP contribution < -0.4 is 10.6 Å². The number of nitrogens with zero attached hydrogens (tertiary/aromatic N) is 3. The van der Waals surface area contributed by atoms with Crippen molar-refractivity contribution >= 4 is 57.4 Å². The number of hydrogen-bond acceptors (Lipinski definition) is 8. The first-order valence-electron chi connectivity index (χ1n) is 10.1. The number of aromatic nitrogens is 2. The maximum absolute atomic E-state index is 13.2. The van der Waals surface area contributed by atoms with E-state index in [2.05, 4.69) is 47.7 Å². The van der Waals surface area contributed by atoms with Gasteiger partial charge in [0.1, 0.15) is 12.1 Å². The second-order valence-electron chi connectivity index (χ2n) is 9.05. The van der Waals surface area contributed by atoms with Gasteiger partial charge in [0.25, 0.3) is 5.91 Å². The summed E-state index contributed by atoms with van der Waals surface area (Å²) in [4.78, 5) is 40.5. The highest BCUT2D eigenvalue weighted by Gasteiger charge is 2.56. The van der Waals surface area contributed by atoms with Crippen LogP contribution in [0.2, 0.25) is 0 Å². The molecule has 0 radical (unpaired) electrons. The zero-order chi connectivity index (χ0) is 22.2. The van der Waals surface area contributed by atoms with Gasteiger partial charge >= 0.3 is 6.03 Å². The molecule has 2 fully saturated rings. The van der Waals surface area contributed by atoms with E-state index in [1.54, 1.807) is 23.1 Å². The Morgan fingerprint density at radius 3 is 2.87 bits per heavy atom. The average molecular weight is 480 g/mol. The summed E-state index contributed by atoms with van der Waals surface area (Å²) >= 11 is 4.50. The van der Waals surface area contributed by atoms with Gasteiger partial charge in [0.15, 0.2) is 4.34 Å². The molecule has 2 atom stereocenters. The minimum absolute atomic E-state index is 0.0530. The molecule has 2 aromatic heterocycles. The Bertz CT molecular complexity index is 990. The van der Waals surface area contributed by atoms with E-state index >= 15 is 0 Å². The lowest BCUT2D eigenvalue weighted by molar-refractivity contribution is -0.136. The van der Waals surface area contributed by atoms with E-state index in [9.17, 15) is 14.4 Å². The Morgan fingerprint density at radius 1 is 1.35 bits per heavy atom. The topological polar surface area (TPSA) is 104 Å². The van der Waals surface area contributed by atoms with Crippen LogP contribution in [-0.4, -0.2) is 45.0 Å². The first-order valence-corrected chi connectivity index (χ1v) is 12.8. The van der Waals surface area contributed by atoms with Gasteiger partial charge in [-0.25, -0.2) is 4.79 Å². The highest BCUT2D eigenvalue weighted by Crippen LogP contribution is 2.46. The van der Waals surface area contributed by atoms with Crippen LogP contribution in [0.3, 0.4) is 0 Å². The largest absolute Gasteiger partial charge is 0.325 e. The second-order valence-corrected chi connectivity index (χ2v) is 12.3. The fourth-order valence-electron chi connectivity index (χ4n) is 4.80. The van der Waals surface area contributed by atoms with Crippen molar-refractivity contribution in [2.24, 2.45) is 11.3 Å². The monoisotopic (exact) mass is 479 g/mol. The molecule has 2 aromatic rings. The van der Waals surface area contributed by atoms with Crippen molar-refractivity contribution in [3.05, 3.63) is 22.4 Å². The van der Waals surface area contributed by atoms with Crippen LogP contribution in [0.4, 0.5) is 9.93 Å². The minimum atomic E-state index is -0.910. The predicted octanol–water partition coefficient (Wildman–Crippen LogP) is 3.97. The lowest BCUT2D eigenvalue weighted by Gasteiger charge is -2.43. The molecule has 1 aliphatic carbocycles. The number of anilines is 1. The Balaban J connectivity index is 1.35. The number of imide groups is 1. The third-order valence-electron chi connectivity index (χ3n) is 5.50. The first kappa shape index (κ1) is 22.2. The van der Waals surface area contributed by atoms with E-state index in [0.29, 0.717) is 23.9 Å². The van der Waals surface area contributed by atoms with Crippen molar-refractivity contribution < 1.29 is 14.4 Å². The van der Waals surface area contributed by atoms with Crippen molar-refractivity contribution in [3.8, 4) is 0 Å². The zero-order valence-corrected chi connectivity index (χ0v) is 20.1. The Labute approximate surface area is 193 Å². The second kappa shape index (κ2) is 8.51. The van der Waals surface area contributed by atoms with Gasteiger partial charge in [-0.15, -0.1) is 21.5 Å². The molecule has 1 spiro atoms. The highest BCUT2D eigenvalue weighted by atomic mass is 32.2. The maximum Gasteiger partial charge on any atom is 0.325 e. The molecule has 1 aliphatic heterocycles. The van der Waals surface area contributed by atoms with Gasteiger partial charge in [-0.2, -0.15) is 0 Å². The predicted molar refractivity (Wildman–Crippen MR) is 122 cm³/mol. The van der Waals surface area contributed by atoms with Crippen LogP contribution in [0.15, 0.2) is 21.9 Å². The fraction of sp³-hybridized carbons (Fsp3) is 0.550. The number of nitrogens with one attached hydrogen (secondary N) is 2. The Hall–Kier alpha value is -1.98. The van der Waals surface area contributed by atoms with E-state index in [0.717, 1.165) is 21.4 Å². The van der Waals surface area contributed by atoms with Gasteiger partial charge in [-0.3, -0.25) is 19.8 Å². The molecular weight excluding hydrogens is 454 g/mol. The normalized spacial score (nSPS) is 25.1. The summed E-state index contributed by atoms with van der Waals surface area (Å²) in [5, 5.41) is 16.0. The summed E-state index contributed by atoms with van der Waals surface area (Å²) in [7, 11) is 0. The summed E-state index contributed by atoms with van der Waals surface area (Å²) in [6, 6.07) is 3.55. The van der Waals surface area contributed by atoms with Gasteiger partial charge in [0.05, 0.1) is 0 Å². The SMILES string of the molecule is CC1CC(C)(C)CC2(C1)NC(=O)N(CC(=O)Nc1nnc(SCc3cccs3)s1)C2=O. The number of thiophene rings is 1. The van der Waals surface area contributed by atoms with Gasteiger partial charge in [-0.1, -0.05) is 49.9 Å². The van der Waals surface area contributed by atoms with Crippen molar-refractivity contribution in [2.45, 2.75) is 55.7 Å². The van der Waals surface area contributed by atoms with Crippen LogP contribution in [0.1, 0.15) is 44.9 Å². The van der Waals surface area contributed by atoms with Crippen molar-refractivity contribution in [1.82, 2.24) is 20.4 Å². The van der Waals surface area contributed by atoms with E-state index in [4.69, 9.17) is 0 Å². The number of carbonyl (C=O) groups is 3. The lowest BCUT2D eigenvalue weighted by Crippen LogP contribution is -2.54. The third-order valence-corrected chi connectivity index (χ3v) is 8.58. The molecule has 2 unspecified atom stereocenters. The molecule has 1 saturated carbocycles. The molecule has 8 nitrogen and oxygen atoms in total. The molecule has 1 saturated heterocycles. The molecule has 4 rings (SSSR count). The average Bonchev–Trinajstić information content (AvgIpc) is 3.37. The molecule has 31 heavy (non-hydrogen) atoms. The van der Waals surface area contributed by atoms with Gasteiger partial charge in [-0.05, 0) is 42.0 Å². The van der Waals surface area contributed by atoms with E-state index in [-0.39, 0.29) is 17.9 Å². The smallest absolute Gasteiger partial charge is 0.323 e. The number of thioether (sulfide) groups is 1. The number of carbonyl (C=O) groups excluding carboxylic acids is 3. The van der Waals surface area contributed by atoms with Crippen LogP contribution in [0.25, 0.3) is 0 Å². The molecule has 3 heterocycles. The third kappa shape index (κ3) is 4.93. The minimum Gasteiger partial charge on any atom is -0.323 e. The van der Waals surface area contributed by atoms with Crippen LogP contribution in [-0.2, 0) is 15.3 Å². The molecular formula is C20H25N5O3S3. The quantitative estimate of drug-likeness (QED) is 0.369. The Kier molecular flexibility index (Phi) is 6.10. The summed E-state index contributed by atoms with van der Waals surface area (Å²) in [5.41, 5.74) is -0.963. The molecule has 11 heteroatoms. The number of urea groups is 1. The van der Waals surface area contributed by atoms with Gasteiger partial charge in [0, 0.05) is 10.6 Å². The molecule has 0 aromatic carbocycles. The summed E-state index contributed by atoms with van der Waals surface area (Å²) in [6.45, 7) is 5.99.